The van der Waals surface area contributed by atoms with Gasteiger partial charge in [0.1, 0.15) is 5.03 Å². The molecule has 1 heterocycles. The topological polar surface area (TPSA) is 12.9 Å². The summed E-state index contributed by atoms with van der Waals surface area (Å²) in [4.78, 5) is 5.57. The van der Waals surface area contributed by atoms with Gasteiger partial charge in [0.25, 0.3) is 0 Å². The lowest BCUT2D eigenvalue weighted by atomic mass is 10.2. The molecule has 0 saturated carbocycles. The van der Waals surface area contributed by atoms with Crippen LogP contribution in [0.1, 0.15) is 20.3 Å². The quantitative estimate of drug-likeness (QED) is 0.543. The van der Waals surface area contributed by atoms with Gasteiger partial charge in [0.15, 0.2) is 0 Å². The molecule has 0 unspecified atom stereocenters. The van der Waals surface area contributed by atoms with Crippen LogP contribution in [0.25, 0.3) is 0 Å². The molecule has 0 radical (unpaired) electrons. The molecule has 2 heteroatoms. The van der Waals surface area contributed by atoms with Gasteiger partial charge in [-0.15, -0.1) is 0 Å². The highest BCUT2D eigenvalue weighted by Gasteiger charge is 2.00. The Kier molecular flexibility index (Phi) is 4.47. The van der Waals surface area contributed by atoms with E-state index < -0.39 is 0 Å². The summed E-state index contributed by atoms with van der Waals surface area (Å²) in [6.45, 7) is 8.00. The van der Waals surface area contributed by atoms with Crippen LogP contribution in [0, 0.1) is 0 Å². The molecule has 0 aliphatic rings. The first-order chi connectivity index (χ1) is 6.72. The molecule has 0 amide bonds. The number of pyridine rings is 1. The smallest absolute Gasteiger partial charge is 0.100 e. The molecular formula is C12H15NS. The molecule has 0 fully saturated rings. The van der Waals surface area contributed by atoms with Crippen LogP contribution < -0.4 is 0 Å². The molecule has 0 N–H and O–H groups in total. The third-order valence-electron chi connectivity index (χ3n) is 1.67. The first-order valence-corrected chi connectivity index (χ1v) is 5.42. The van der Waals surface area contributed by atoms with Crippen LogP contribution in [0.5, 0.6) is 0 Å². The van der Waals surface area contributed by atoms with E-state index in [1.54, 1.807) is 11.8 Å². The highest BCUT2D eigenvalue weighted by atomic mass is 32.2. The summed E-state index contributed by atoms with van der Waals surface area (Å²) in [5.74, 6) is 0. The molecular weight excluding hydrogens is 190 g/mol. The van der Waals surface area contributed by atoms with Crippen LogP contribution in [-0.2, 0) is 0 Å². The molecule has 1 aromatic rings. The minimum atomic E-state index is 0.942. The van der Waals surface area contributed by atoms with Gasteiger partial charge < -0.3 is 0 Å². The van der Waals surface area contributed by atoms with E-state index in [1.807, 2.05) is 38.2 Å². The van der Waals surface area contributed by atoms with Gasteiger partial charge in [-0.25, -0.2) is 4.98 Å². The number of aromatic nitrogens is 1. The minimum Gasteiger partial charge on any atom is -0.250 e. The van der Waals surface area contributed by atoms with Gasteiger partial charge in [-0.2, -0.15) is 0 Å². The number of allylic oxidation sites excluding steroid dienone is 3. The highest BCUT2D eigenvalue weighted by Crippen LogP contribution is 2.28. The summed E-state index contributed by atoms with van der Waals surface area (Å²) >= 11 is 1.71. The number of rotatable bonds is 4. The zero-order valence-corrected chi connectivity index (χ0v) is 9.47. The number of hydrogen-bond acceptors (Lipinski definition) is 2. The van der Waals surface area contributed by atoms with Crippen LogP contribution in [0.15, 0.2) is 52.6 Å². The molecule has 1 rings (SSSR count). The van der Waals surface area contributed by atoms with E-state index in [1.165, 1.54) is 10.5 Å². The van der Waals surface area contributed by atoms with Crippen molar-refractivity contribution in [2.75, 3.05) is 0 Å². The third kappa shape index (κ3) is 3.79. The predicted molar refractivity (Wildman–Crippen MR) is 63.3 cm³/mol. The van der Waals surface area contributed by atoms with Gasteiger partial charge in [0.2, 0.25) is 0 Å². The highest BCUT2D eigenvalue weighted by molar-refractivity contribution is 8.03. The lowest BCUT2D eigenvalue weighted by molar-refractivity contribution is 1.13. The molecule has 0 aliphatic heterocycles. The molecule has 1 aromatic heterocycles. The Morgan fingerprint density at radius 2 is 2.36 bits per heavy atom. The van der Waals surface area contributed by atoms with E-state index in [2.05, 4.69) is 17.6 Å². The summed E-state index contributed by atoms with van der Waals surface area (Å²) in [6, 6.07) is 5.95. The summed E-state index contributed by atoms with van der Waals surface area (Å²) in [5, 5.41) is 1.04. The van der Waals surface area contributed by atoms with Crippen molar-refractivity contribution in [3.05, 3.63) is 47.5 Å². The van der Waals surface area contributed by atoms with Crippen LogP contribution in [0.4, 0.5) is 0 Å². The Morgan fingerprint density at radius 1 is 1.57 bits per heavy atom. The number of nitrogens with zero attached hydrogens (tertiary/aromatic N) is 1. The van der Waals surface area contributed by atoms with Crippen molar-refractivity contribution >= 4 is 11.8 Å². The standard InChI is InChI=1S/C12H15NS/c1-4-11(9-10(2)3)14-12-7-5-6-8-13-12/h4-8H,2,9H2,1,3H3/b11-4+. The second kappa shape index (κ2) is 5.66. The molecule has 0 aromatic carbocycles. The van der Waals surface area contributed by atoms with Gasteiger partial charge in [-0.3, -0.25) is 0 Å². The second-order valence-electron chi connectivity index (χ2n) is 3.16. The summed E-state index contributed by atoms with van der Waals surface area (Å²) < 4.78 is 0. The van der Waals surface area contributed by atoms with Gasteiger partial charge in [0.05, 0.1) is 0 Å². The second-order valence-corrected chi connectivity index (χ2v) is 4.31. The largest absolute Gasteiger partial charge is 0.250 e. The lowest BCUT2D eigenvalue weighted by Crippen LogP contribution is -1.82. The van der Waals surface area contributed by atoms with Crippen LogP contribution in [0.2, 0.25) is 0 Å². The summed E-state index contributed by atoms with van der Waals surface area (Å²) in [6.07, 6.45) is 4.88. The molecule has 0 atom stereocenters. The predicted octanol–water partition coefficient (Wildman–Crippen LogP) is 4.04. The maximum absolute atomic E-state index is 4.27. The lowest BCUT2D eigenvalue weighted by Gasteiger charge is -2.04. The first-order valence-electron chi connectivity index (χ1n) is 4.61. The number of thioether (sulfide) groups is 1. The molecule has 0 bridgehead atoms. The zero-order chi connectivity index (χ0) is 10.4. The maximum atomic E-state index is 4.27. The van der Waals surface area contributed by atoms with Gasteiger partial charge in [-0.05, 0) is 37.3 Å². The fourth-order valence-electron chi connectivity index (χ4n) is 1.04. The Balaban J connectivity index is 2.63. The van der Waals surface area contributed by atoms with E-state index in [-0.39, 0.29) is 0 Å². The van der Waals surface area contributed by atoms with E-state index in [0.29, 0.717) is 0 Å². The average Bonchev–Trinajstić information content (AvgIpc) is 2.17. The molecule has 14 heavy (non-hydrogen) atoms. The Morgan fingerprint density at radius 3 is 2.86 bits per heavy atom. The molecule has 1 nitrogen and oxygen atoms in total. The SMILES string of the molecule is C=C(C)C/C(=C\C)Sc1ccccn1. The van der Waals surface area contributed by atoms with Crippen molar-refractivity contribution in [1.82, 2.24) is 4.98 Å². The van der Waals surface area contributed by atoms with E-state index in [0.717, 1.165) is 11.4 Å². The van der Waals surface area contributed by atoms with E-state index >= 15 is 0 Å². The fourth-order valence-corrected chi connectivity index (χ4v) is 2.00. The van der Waals surface area contributed by atoms with Crippen molar-refractivity contribution in [1.29, 1.82) is 0 Å². The van der Waals surface area contributed by atoms with Crippen molar-refractivity contribution < 1.29 is 0 Å². The van der Waals surface area contributed by atoms with E-state index in [4.69, 9.17) is 0 Å². The van der Waals surface area contributed by atoms with Crippen LogP contribution in [-0.4, -0.2) is 4.98 Å². The third-order valence-corrected chi connectivity index (χ3v) is 2.76. The fraction of sp³-hybridized carbons (Fsp3) is 0.250. The Labute approximate surface area is 89.9 Å². The van der Waals surface area contributed by atoms with E-state index in [9.17, 15) is 0 Å². The summed E-state index contributed by atoms with van der Waals surface area (Å²) in [7, 11) is 0. The van der Waals surface area contributed by atoms with Gasteiger partial charge in [-0.1, -0.05) is 36.1 Å². The monoisotopic (exact) mass is 205 g/mol. The zero-order valence-electron chi connectivity index (χ0n) is 8.66. The van der Waals surface area contributed by atoms with Gasteiger partial charge >= 0.3 is 0 Å². The van der Waals surface area contributed by atoms with Gasteiger partial charge in [0, 0.05) is 6.20 Å². The number of hydrogen-bond donors (Lipinski definition) is 0. The van der Waals surface area contributed by atoms with Crippen molar-refractivity contribution in [3.8, 4) is 0 Å². The normalized spacial score (nSPS) is 11.4. The molecule has 0 saturated heterocycles. The Bertz CT molecular complexity index is 327. The molecule has 74 valence electrons. The van der Waals surface area contributed by atoms with Crippen LogP contribution in [0.3, 0.4) is 0 Å². The average molecular weight is 205 g/mol. The first kappa shape index (κ1) is 11.1. The Hall–Kier alpha value is -1.02. The van der Waals surface area contributed by atoms with Crippen LogP contribution >= 0.6 is 11.8 Å². The maximum Gasteiger partial charge on any atom is 0.100 e. The molecule has 0 aliphatic carbocycles. The van der Waals surface area contributed by atoms with Crippen molar-refractivity contribution in [2.24, 2.45) is 0 Å². The summed E-state index contributed by atoms with van der Waals surface area (Å²) in [5.41, 5.74) is 1.18. The molecule has 0 spiro atoms. The van der Waals surface area contributed by atoms with Crippen molar-refractivity contribution in [2.45, 2.75) is 25.3 Å². The van der Waals surface area contributed by atoms with Crippen molar-refractivity contribution in [3.63, 3.8) is 0 Å². The minimum absolute atomic E-state index is 0.942.